The minimum absolute atomic E-state index is 0.175. The lowest BCUT2D eigenvalue weighted by molar-refractivity contribution is -0.115. The second kappa shape index (κ2) is 5.69. The zero-order valence-corrected chi connectivity index (χ0v) is 12.9. The number of carbonyl (C=O) groups excluding carboxylic acids is 1. The average Bonchev–Trinajstić information content (AvgIpc) is 2.67. The van der Waals surface area contributed by atoms with Crippen molar-refractivity contribution in [1.29, 1.82) is 0 Å². The van der Waals surface area contributed by atoms with Crippen molar-refractivity contribution in [2.75, 3.05) is 11.6 Å². The maximum Gasteiger partial charge on any atom is 0.229 e. The molecule has 0 atom stereocenters. The fourth-order valence-electron chi connectivity index (χ4n) is 1.95. The lowest BCUT2D eigenvalue weighted by atomic mass is 10.1. The molecule has 0 radical (unpaired) electrons. The van der Waals surface area contributed by atoms with E-state index in [0.717, 1.165) is 17.5 Å². The number of nitrogens with one attached hydrogen (secondary N) is 1. The summed E-state index contributed by atoms with van der Waals surface area (Å²) in [6.07, 6.45) is 1.33. The number of hydrogen-bond donors (Lipinski definition) is 1. The number of sulfone groups is 1. The second-order valence-electron chi connectivity index (χ2n) is 4.94. The van der Waals surface area contributed by atoms with Gasteiger partial charge in [-0.1, -0.05) is 12.1 Å². The number of carbonyl (C=O) groups is 1. The zero-order chi connectivity index (χ0) is 15.6. The van der Waals surface area contributed by atoms with Crippen LogP contribution in [-0.2, 0) is 28.1 Å². The average molecular weight is 307 g/mol. The van der Waals surface area contributed by atoms with Crippen molar-refractivity contribution < 1.29 is 13.2 Å². The Balaban J connectivity index is 2.05. The first-order valence-corrected chi connectivity index (χ1v) is 8.24. The number of aryl methyl sites for hydroxylation is 2. The van der Waals surface area contributed by atoms with Crippen molar-refractivity contribution in [3.05, 3.63) is 41.6 Å². The minimum Gasteiger partial charge on any atom is -0.311 e. The standard InChI is InChI=1S/C14H17N3O3S/c1-10-8-13(17(2)16-10)15-14(18)9-11-4-6-12(7-5-11)21(3,19)20/h4-8H,9H2,1-3H3,(H,15,18). The molecule has 0 aliphatic heterocycles. The number of rotatable bonds is 4. The molecule has 0 spiro atoms. The first-order valence-electron chi connectivity index (χ1n) is 6.35. The fraction of sp³-hybridized carbons (Fsp3) is 0.286. The largest absolute Gasteiger partial charge is 0.311 e. The van der Waals surface area contributed by atoms with E-state index < -0.39 is 9.84 Å². The van der Waals surface area contributed by atoms with E-state index in [1.54, 1.807) is 29.9 Å². The van der Waals surface area contributed by atoms with Gasteiger partial charge >= 0.3 is 0 Å². The smallest absolute Gasteiger partial charge is 0.229 e. The molecule has 0 bridgehead atoms. The molecule has 0 fully saturated rings. The third kappa shape index (κ3) is 3.91. The molecule has 7 heteroatoms. The molecule has 0 unspecified atom stereocenters. The van der Waals surface area contributed by atoms with E-state index in [4.69, 9.17) is 0 Å². The van der Waals surface area contributed by atoms with Crippen LogP contribution in [0.15, 0.2) is 35.2 Å². The number of anilines is 1. The predicted molar refractivity (Wildman–Crippen MR) is 79.8 cm³/mol. The van der Waals surface area contributed by atoms with Gasteiger partial charge in [-0.3, -0.25) is 9.48 Å². The molecule has 21 heavy (non-hydrogen) atoms. The van der Waals surface area contributed by atoms with Gasteiger partial charge in [-0.2, -0.15) is 5.10 Å². The highest BCUT2D eigenvalue weighted by Crippen LogP contribution is 2.12. The number of hydrogen-bond acceptors (Lipinski definition) is 4. The van der Waals surface area contributed by atoms with Gasteiger partial charge in [0.2, 0.25) is 5.91 Å². The summed E-state index contributed by atoms with van der Waals surface area (Å²) in [5.41, 5.74) is 1.57. The topological polar surface area (TPSA) is 81.1 Å². The molecule has 1 amide bonds. The third-order valence-electron chi connectivity index (χ3n) is 2.99. The molecule has 6 nitrogen and oxygen atoms in total. The Morgan fingerprint density at radius 1 is 1.29 bits per heavy atom. The van der Waals surface area contributed by atoms with Gasteiger partial charge in [0.15, 0.2) is 9.84 Å². The van der Waals surface area contributed by atoms with E-state index in [1.807, 2.05) is 6.92 Å². The van der Waals surface area contributed by atoms with Crippen molar-refractivity contribution >= 4 is 21.6 Å². The van der Waals surface area contributed by atoms with Gasteiger partial charge in [-0.15, -0.1) is 0 Å². The molecule has 1 N–H and O–H groups in total. The molecule has 1 aromatic carbocycles. The van der Waals surface area contributed by atoms with Crippen LogP contribution in [0.2, 0.25) is 0 Å². The molecule has 0 saturated carbocycles. The summed E-state index contributed by atoms with van der Waals surface area (Å²) < 4.78 is 24.3. The van der Waals surface area contributed by atoms with E-state index in [-0.39, 0.29) is 17.2 Å². The van der Waals surface area contributed by atoms with Crippen molar-refractivity contribution in [3.63, 3.8) is 0 Å². The van der Waals surface area contributed by atoms with Crippen molar-refractivity contribution in [1.82, 2.24) is 9.78 Å². The van der Waals surface area contributed by atoms with Crippen molar-refractivity contribution in [3.8, 4) is 0 Å². The zero-order valence-electron chi connectivity index (χ0n) is 12.1. The molecule has 0 saturated heterocycles. The first-order chi connectivity index (χ1) is 9.75. The monoisotopic (exact) mass is 307 g/mol. The third-order valence-corrected chi connectivity index (χ3v) is 4.11. The lowest BCUT2D eigenvalue weighted by Gasteiger charge is -2.06. The van der Waals surface area contributed by atoms with Crippen LogP contribution in [0.5, 0.6) is 0 Å². The van der Waals surface area contributed by atoms with Gasteiger partial charge < -0.3 is 5.32 Å². The number of amides is 1. The Morgan fingerprint density at radius 2 is 1.90 bits per heavy atom. The quantitative estimate of drug-likeness (QED) is 0.923. The highest BCUT2D eigenvalue weighted by Gasteiger charge is 2.10. The molecule has 1 aromatic heterocycles. The summed E-state index contributed by atoms with van der Waals surface area (Å²) in [6, 6.07) is 8.08. The Morgan fingerprint density at radius 3 is 2.38 bits per heavy atom. The molecule has 0 aliphatic rings. The summed E-state index contributed by atoms with van der Waals surface area (Å²) in [5, 5.41) is 6.91. The van der Waals surface area contributed by atoms with E-state index in [0.29, 0.717) is 5.82 Å². The first kappa shape index (κ1) is 15.2. The highest BCUT2D eigenvalue weighted by atomic mass is 32.2. The summed E-state index contributed by atoms with van der Waals surface area (Å²) in [5.74, 6) is 0.454. The minimum atomic E-state index is -3.21. The van der Waals surface area contributed by atoms with Gasteiger partial charge in [0.05, 0.1) is 17.0 Å². The van der Waals surface area contributed by atoms with Crippen LogP contribution < -0.4 is 5.32 Å². The van der Waals surface area contributed by atoms with E-state index >= 15 is 0 Å². The van der Waals surface area contributed by atoms with Crippen LogP contribution in [0.3, 0.4) is 0 Å². The van der Waals surface area contributed by atoms with Crippen LogP contribution in [0.25, 0.3) is 0 Å². The van der Waals surface area contributed by atoms with Crippen molar-refractivity contribution in [2.24, 2.45) is 7.05 Å². The number of nitrogens with zero attached hydrogens (tertiary/aromatic N) is 2. The van der Waals surface area contributed by atoms with Gasteiger partial charge in [0.25, 0.3) is 0 Å². The molecule has 112 valence electrons. The van der Waals surface area contributed by atoms with Gasteiger partial charge in [-0.05, 0) is 24.6 Å². The van der Waals surface area contributed by atoms with Gasteiger partial charge in [0, 0.05) is 19.4 Å². The SMILES string of the molecule is Cc1cc(NC(=O)Cc2ccc(S(C)(=O)=O)cc2)n(C)n1. The molecule has 2 rings (SSSR count). The fourth-order valence-corrected chi connectivity index (χ4v) is 2.59. The molecular formula is C14H17N3O3S. The maximum atomic E-state index is 12.0. The summed E-state index contributed by atoms with van der Waals surface area (Å²) >= 11 is 0. The number of aromatic nitrogens is 2. The highest BCUT2D eigenvalue weighted by molar-refractivity contribution is 7.90. The summed E-state index contributed by atoms with van der Waals surface area (Å²) in [4.78, 5) is 12.2. The van der Waals surface area contributed by atoms with Crippen LogP contribution >= 0.6 is 0 Å². The van der Waals surface area contributed by atoms with Gasteiger partial charge in [-0.25, -0.2) is 8.42 Å². The predicted octanol–water partition coefficient (Wildman–Crippen LogP) is 1.31. The van der Waals surface area contributed by atoms with E-state index in [9.17, 15) is 13.2 Å². The van der Waals surface area contributed by atoms with Crippen LogP contribution in [0.4, 0.5) is 5.82 Å². The number of benzene rings is 1. The normalized spacial score (nSPS) is 11.4. The molecular weight excluding hydrogens is 290 g/mol. The van der Waals surface area contributed by atoms with Crippen molar-refractivity contribution in [2.45, 2.75) is 18.2 Å². The molecule has 1 heterocycles. The lowest BCUT2D eigenvalue weighted by Crippen LogP contribution is -2.16. The van der Waals surface area contributed by atoms with Crippen LogP contribution in [-0.4, -0.2) is 30.4 Å². The Hall–Kier alpha value is -2.15. The van der Waals surface area contributed by atoms with Gasteiger partial charge in [0.1, 0.15) is 5.82 Å². The van der Waals surface area contributed by atoms with E-state index in [1.165, 1.54) is 12.1 Å². The van der Waals surface area contributed by atoms with Crippen LogP contribution in [0.1, 0.15) is 11.3 Å². The molecule has 2 aromatic rings. The van der Waals surface area contributed by atoms with Crippen LogP contribution in [0, 0.1) is 6.92 Å². The summed E-state index contributed by atoms with van der Waals surface area (Å²) in [7, 11) is -1.46. The Bertz CT molecular complexity index is 761. The second-order valence-corrected chi connectivity index (χ2v) is 6.95. The molecule has 0 aliphatic carbocycles. The van der Waals surface area contributed by atoms with E-state index in [2.05, 4.69) is 10.4 Å². The summed E-state index contributed by atoms with van der Waals surface area (Å²) in [6.45, 7) is 1.85. The Kier molecular flexibility index (Phi) is 4.13. The maximum absolute atomic E-state index is 12.0. The Labute approximate surface area is 123 Å².